The second kappa shape index (κ2) is 7.66. The summed E-state index contributed by atoms with van der Waals surface area (Å²) in [6, 6.07) is 3.20. The minimum absolute atomic E-state index is 0.0846. The lowest BCUT2D eigenvalue weighted by atomic mass is 9.88. The molecular formula is C18H25F2N3O2. The molecule has 0 radical (unpaired) electrons. The maximum absolute atomic E-state index is 13.8. The van der Waals surface area contributed by atoms with Crippen LogP contribution in [0.5, 0.6) is 0 Å². The molecule has 2 fully saturated rings. The Morgan fingerprint density at radius 1 is 1.32 bits per heavy atom. The lowest BCUT2D eigenvalue weighted by molar-refractivity contribution is 0.0308. The number of urea groups is 1. The average Bonchev–Trinajstić information content (AvgIpc) is 3.03. The molecule has 2 saturated heterocycles. The Kier molecular flexibility index (Phi) is 5.54. The molecule has 0 spiro atoms. The molecule has 2 amide bonds. The Balaban J connectivity index is 1.53. The third kappa shape index (κ3) is 3.93. The van der Waals surface area contributed by atoms with Gasteiger partial charge < -0.3 is 20.7 Å². The maximum Gasteiger partial charge on any atom is 0.317 e. The molecule has 3 N–H and O–H groups in total. The van der Waals surface area contributed by atoms with Gasteiger partial charge in [0.1, 0.15) is 0 Å². The molecule has 0 saturated carbocycles. The van der Waals surface area contributed by atoms with E-state index < -0.39 is 17.7 Å². The van der Waals surface area contributed by atoms with Crippen LogP contribution in [0.15, 0.2) is 18.2 Å². The van der Waals surface area contributed by atoms with Gasteiger partial charge in [0, 0.05) is 31.3 Å². The fourth-order valence-corrected chi connectivity index (χ4v) is 3.75. The number of amides is 2. The number of rotatable bonds is 3. The summed E-state index contributed by atoms with van der Waals surface area (Å²) in [6.45, 7) is 3.58. The Labute approximate surface area is 146 Å². The molecule has 0 aromatic heterocycles. The minimum atomic E-state index is -0.915. The number of nitrogens with one attached hydrogen (secondary N) is 1. The maximum atomic E-state index is 13.8. The molecular weight excluding hydrogens is 328 g/mol. The molecule has 25 heavy (non-hydrogen) atoms. The smallest absolute Gasteiger partial charge is 0.317 e. The SMILES string of the molecule is C[C@@H](NC(=O)N1CCC([C@@H]2OCC[C@H]2N)CC1)c1cccc(F)c1F. The van der Waals surface area contributed by atoms with Crippen molar-refractivity contribution in [2.24, 2.45) is 11.7 Å². The van der Waals surface area contributed by atoms with Crippen LogP contribution in [0.4, 0.5) is 13.6 Å². The van der Waals surface area contributed by atoms with Crippen LogP contribution in [0.3, 0.4) is 0 Å². The summed E-state index contributed by atoms with van der Waals surface area (Å²) in [5.74, 6) is -1.45. The topological polar surface area (TPSA) is 67.6 Å². The highest BCUT2D eigenvalue weighted by molar-refractivity contribution is 5.74. The molecule has 3 rings (SSSR count). The number of benzene rings is 1. The van der Waals surface area contributed by atoms with Crippen molar-refractivity contribution >= 4 is 6.03 Å². The van der Waals surface area contributed by atoms with E-state index in [2.05, 4.69) is 5.32 Å². The van der Waals surface area contributed by atoms with Crippen LogP contribution in [0.25, 0.3) is 0 Å². The molecule has 0 aliphatic carbocycles. The number of ether oxygens (including phenoxy) is 1. The first-order chi connectivity index (χ1) is 12.0. The third-order valence-electron chi connectivity index (χ3n) is 5.26. The third-order valence-corrected chi connectivity index (χ3v) is 5.26. The molecule has 2 aliphatic rings. The number of hydrogen-bond acceptors (Lipinski definition) is 3. The summed E-state index contributed by atoms with van der Waals surface area (Å²) in [6.07, 6.45) is 2.66. The summed E-state index contributed by atoms with van der Waals surface area (Å²) >= 11 is 0. The predicted molar refractivity (Wildman–Crippen MR) is 89.9 cm³/mol. The summed E-state index contributed by atoms with van der Waals surface area (Å²) in [4.78, 5) is 14.1. The standard InChI is InChI=1S/C18H25F2N3O2/c1-11(13-3-2-4-14(19)16(13)20)22-18(24)23-8-5-12(6-9-23)17-15(21)7-10-25-17/h2-4,11-12,15,17H,5-10,21H2,1H3,(H,22,24)/t11-,15-,17+/m1/s1. The van der Waals surface area contributed by atoms with Crippen molar-refractivity contribution in [3.63, 3.8) is 0 Å². The van der Waals surface area contributed by atoms with Crippen molar-refractivity contribution in [3.05, 3.63) is 35.4 Å². The number of likely N-dealkylation sites (tertiary alicyclic amines) is 1. The molecule has 1 aromatic carbocycles. The van der Waals surface area contributed by atoms with Gasteiger partial charge >= 0.3 is 6.03 Å². The zero-order valence-corrected chi connectivity index (χ0v) is 14.4. The summed E-state index contributed by atoms with van der Waals surface area (Å²) < 4.78 is 32.9. The first-order valence-electron chi connectivity index (χ1n) is 8.84. The molecule has 3 atom stereocenters. The van der Waals surface area contributed by atoms with Crippen LogP contribution >= 0.6 is 0 Å². The zero-order chi connectivity index (χ0) is 18.0. The number of carbonyl (C=O) groups is 1. The highest BCUT2D eigenvalue weighted by atomic mass is 19.2. The first-order valence-corrected chi connectivity index (χ1v) is 8.84. The van der Waals surface area contributed by atoms with Gasteiger partial charge in [0.25, 0.3) is 0 Å². The summed E-state index contributed by atoms with van der Waals surface area (Å²) in [7, 11) is 0. The van der Waals surface area contributed by atoms with Crippen molar-refractivity contribution in [2.45, 2.75) is 44.4 Å². The van der Waals surface area contributed by atoms with Gasteiger partial charge in [-0.25, -0.2) is 13.6 Å². The van der Waals surface area contributed by atoms with Gasteiger partial charge in [-0.1, -0.05) is 12.1 Å². The van der Waals surface area contributed by atoms with Gasteiger partial charge in [-0.2, -0.15) is 0 Å². The largest absolute Gasteiger partial charge is 0.376 e. The number of halogens is 2. The Hall–Kier alpha value is -1.73. The van der Waals surface area contributed by atoms with Gasteiger partial charge in [-0.05, 0) is 38.2 Å². The van der Waals surface area contributed by atoms with E-state index in [1.54, 1.807) is 11.8 Å². The predicted octanol–water partition coefficient (Wildman–Crippen LogP) is 2.56. The number of nitrogens with two attached hydrogens (primary N) is 1. The molecule has 2 aliphatic heterocycles. The van der Waals surface area contributed by atoms with Crippen molar-refractivity contribution in [1.82, 2.24) is 10.2 Å². The number of hydrogen-bond donors (Lipinski definition) is 2. The molecule has 5 nitrogen and oxygen atoms in total. The summed E-state index contributed by atoms with van der Waals surface area (Å²) in [5, 5.41) is 2.75. The van der Waals surface area contributed by atoms with Crippen molar-refractivity contribution in [3.8, 4) is 0 Å². The lowest BCUT2D eigenvalue weighted by Gasteiger charge is -2.36. The van der Waals surface area contributed by atoms with E-state index in [9.17, 15) is 13.6 Å². The van der Waals surface area contributed by atoms with Crippen molar-refractivity contribution < 1.29 is 18.3 Å². The van der Waals surface area contributed by atoms with Gasteiger partial charge in [-0.15, -0.1) is 0 Å². The monoisotopic (exact) mass is 353 g/mol. The zero-order valence-electron chi connectivity index (χ0n) is 14.4. The van der Waals surface area contributed by atoms with E-state index in [1.807, 2.05) is 0 Å². The fraction of sp³-hybridized carbons (Fsp3) is 0.611. The second-order valence-corrected chi connectivity index (χ2v) is 6.93. The van der Waals surface area contributed by atoms with Crippen LogP contribution in [-0.2, 0) is 4.74 Å². The first kappa shape index (κ1) is 18.1. The van der Waals surface area contributed by atoms with Gasteiger partial charge in [0.2, 0.25) is 0 Å². The quantitative estimate of drug-likeness (QED) is 0.878. The molecule has 138 valence electrons. The molecule has 2 heterocycles. The lowest BCUT2D eigenvalue weighted by Crippen LogP contribution is -2.48. The Morgan fingerprint density at radius 2 is 2.04 bits per heavy atom. The summed E-state index contributed by atoms with van der Waals surface area (Å²) in [5.41, 5.74) is 6.22. The minimum Gasteiger partial charge on any atom is -0.376 e. The van der Waals surface area contributed by atoms with E-state index in [4.69, 9.17) is 10.5 Å². The molecule has 1 aromatic rings. The van der Waals surface area contributed by atoms with Crippen molar-refractivity contribution in [2.75, 3.05) is 19.7 Å². The number of carbonyl (C=O) groups excluding carboxylic acids is 1. The van der Waals surface area contributed by atoms with Crippen LogP contribution in [-0.4, -0.2) is 42.8 Å². The van der Waals surface area contributed by atoms with Crippen LogP contribution in [0.2, 0.25) is 0 Å². The van der Waals surface area contributed by atoms with Gasteiger partial charge in [-0.3, -0.25) is 0 Å². The second-order valence-electron chi connectivity index (χ2n) is 6.93. The van der Waals surface area contributed by atoms with Crippen LogP contribution in [0.1, 0.15) is 37.8 Å². The highest BCUT2D eigenvalue weighted by Crippen LogP contribution is 2.28. The average molecular weight is 353 g/mol. The van der Waals surface area contributed by atoms with Crippen LogP contribution < -0.4 is 11.1 Å². The molecule has 7 heteroatoms. The van der Waals surface area contributed by atoms with E-state index in [1.165, 1.54) is 12.1 Å². The highest BCUT2D eigenvalue weighted by Gasteiger charge is 2.35. The normalized spacial score (nSPS) is 25.8. The van der Waals surface area contributed by atoms with Gasteiger partial charge in [0.05, 0.1) is 12.1 Å². The Bertz CT molecular complexity index is 620. The van der Waals surface area contributed by atoms with Crippen LogP contribution in [0, 0.1) is 17.6 Å². The van der Waals surface area contributed by atoms with E-state index in [-0.39, 0.29) is 23.7 Å². The number of nitrogens with zero attached hydrogens (tertiary/aromatic N) is 1. The van der Waals surface area contributed by atoms with Gasteiger partial charge in [0.15, 0.2) is 11.6 Å². The molecule has 0 bridgehead atoms. The Morgan fingerprint density at radius 3 is 2.68 bits per heavy atom. The fourth-order valence-electron chi connectivity index (χ4n) is 3.75. The number of piperidine rings is 1. The van der Waals surface area contributed by atoms with E-state index >= 15 is 0 Å². The van der Waals surface area contributed by atoms with E-state index in [0.29, 0.717) is 25.6 Å². The van der Waals surface area contributed by atoms with Crippen molar-refractivity contribution in [1.29, 1.82) is 0 Å². The molecule has 0 unspecified atom stereocenters. The van der Waals surface area contributed by atoms with E-state index in [0.717, 1.165) is 25.3 Å².